The van der Waals surface area contributed by atoms with Gasteiger partial charge in [0.2, 0.25) is 0 Å². The van der Waals surface area contributed by atoms with Crippen molar-refractivity contribution < 1.29 is 14.3 Å². The minimum absolute atomic E-state index is 0.259. The average Bonchev–Trinajstić information content (AvgIpc) is 2.35. The minimum atomic E-state index is -0.491. The lowest BCUT2D eigenvalue weighted by Gasteiger charge is -2.18. The van der Waals surface area contributed by atoms with Crippen LogP contribution in [0.4, 0.5) is 4.79 Å². The van der Waals surface area contributed by atoms with Crippen LogP contribution in [0.5, 0.6) is 0 Å². The van der Waals surface area contributed by atoms with Gasteiger partial charge < -0.3 is 14.8 Å². The van der Waals surface area contributed by atoms with Crippen LogP contribution in [0.1, 0.15) is 31.9 Å². The summed E-state index contributed by atoms with van der Waals surface area (Å²) < 4.78 is 10.1. The van der Waals surface area contributed by atoms with Crippen LogP contribution in [0.2, 0.25) is 0 Å². The summed E-state index contributed by atoms with van der Waals surface area (Å²) in [4.78, 5) is 11.4. The molecule has 0 heterocycles. The Morgan fingerprint density at radius 2 is 1.90 bits per heavy atom. The van der Waals surface area contributed by atoms with E-state index in [1.54, 1.807) is 7.11 Å². The summed E-state index contributed by atoms with van der Waals surface area (Å²) in [6.45, 7) is 6.31. The fourth-order valence-corrected chi connectivity index (χ4v) is 1.43. The van der Waals surface area contributed by atoms with E-state index in [-0.39, 0.29) is 6.54 Å². The summed E-state index contributed by atoms with van der Waals surface area (Å²) in [6, 6.07) is 7.78. The third-order valence-corrected chi connectivity index (χ3v) is 2.22. The fourth-order valence-electron chi connectivity index (χ4n) is 1.43. The van der Waals surface area contributed by atoms with Crippen LogP contribution in [-0.4, -0.2) is 25.3 Å². The summed E-state index contributed by atoms with van der Waals surface area (Å²) >= 11 is 0. The second kappa shape index (κ2) is 7.56. The Bertz CT molecular complexity index is 489. The Balaban J connectivity index is 2.41. The molecule has 1 aromatic rings. The Kier molecular flexibility index (Phi) is 6.08. The van der Waals surface area contributed by atoms with E-state index in [2.05, 4.69) is 17.2 Å². The van der Waals surface area contributed by atoms with Gasteiger partial charge in [-0.15, -0.1) is 0 Å². The molecule has 1 aromatic carbocycles. The maximum absolute atomic E-state index is 11.4. The van der Waals surface area contributed by atoms with E-state index in [0.29, 0.717) is 6.61 Å². The molecule has 1 N–H and O–H groups in total. The first kappa shape index (κ1) is 16.1. The van der Waals surface area contributed by atoms with Gasteiger partial charge in [-0.2, -0.15) is 0 Å². The van der Waals surface area contributed by atoms with E-state index in [1.807, 2.05) is 45.0 Å². The van der Waals surface area contributed by atoms with Gasteiger partial charge in [0, 0.05) is 12.7 Å². The van der Waals surface area contributed by atoms with Gasteiger partial charge in [0.15, 0.2) is 0 Å². The van der Waals surface area contributed by atoms with Gasteiger partial charge in [-0.25, -0.2) is 4.79 Å². The Morgan fingerprint density at radius 1 is 1.25 bits per heavy atom. The first-order valence-electron chi connectivity index (χ1n) is 6.44. The maximum Gasteiger partial charge on any atom is 0.408 e. The second-order valence-corrected chi connectivity index (χ2v) is 5.29. The largest absolute Gasteiger partial charge is 0.444 e. The van der Waals surface area contributed by atoms with E-state index in [4.69, 9.17) is 9.47 Å². The van der Waals surface area contributed by atoms with Crippen LogP contribution >= 0.6 is 0 Å². The highest BCUT2D eigenvalue weighted by atomic mass is 16.6. The van der Waals surface area contributed by atoms with Crippen LogP contribution < -0.4 is 5.32 Å². The number of methoxy groups -OCH3 is 1. The van der Waals surface area contributed by atoms with Crippen LogP contribution in [0.15, 0.2) is 24.3 Å². The molecule has 0 saturated heterocycles. The van der Waals surface area contributed by atoms with Crippen molar-refractivity contribution in [2.75, 3.05) is 13.7 Å². The molecule has 20 heavy (non-hydrogen) atoms. The van der Waals surface area contributed by atoms with Crippen molar-refractivity contribution in [3.63, 3.8) is 0 Å². The third-order valence-electron chi connectivity index (χ3n) is 2.22. The van der Waals surface area contributed by atoms with Gasteiger partial charge >= 0.3 is 6.09 Å². The molecule has 0 unspecified atom stereocenters. The topological polar surface area (TPSA) is 47.6 Å². The first-order chi connectivity index (χ1) is 9.40. The van der Waals surface area contributed by atoms with Gasteiger partial charge in [-0.3, -0.25) is 0 Å². The number of alkyl carbamates (subject to hydrolysis) is 1. The minimum Gasteiger partial charge on any atom is -0.444 e. The van der Waals surface area contributed by atoms with E-state index < -0.39 is 11.7 Å². The van der Waals surface area contributed by atoms with Crippen molar-refractivity contribution in [2.24, 2.45) is 0 Å². The number of carbonyl (C=O) groups is 1. The van der Waals surface area contributed by atoms with Crippen molar-refractivity contribution in [1.82, 2.24) is 5.32 Å². The molecule has 0 aromatic heterocycles. The highest BCUT2D eigenvalue weighted by Gasteiger charge is 2.14. The van der Waals surface area contributed by atoms with Gasteiger partial charge in [-0.1, -0.05) is 24.0 Å². The highest BCUT2D eigenvalue weighted by molar-refractivity contribution is 5.68. The number of amides is 1. The lowest BCUT2D eigenvalue weighted by Crippen LogP contribution is -2.32. The van der Waals surface area contributed by atoms with Gasteiger partial charge in [0.05, 0.1) is 13.2 Å². The number of nitrogens with one attached hydrogen (secondary N) is 1. The number of benzene rings is 1. The molecule has 0 radical (unpaired) electrons. The molecule has 0 atom stereocenters. The van der Waals surface area contributed by atoms with E-state index in [0.717, 1.165) is 11.1 Å². The Hall–Kier alpha value is -1.99. The summed E-state index contributed by atoms with van der Waals surface area (Å²) in [5, 5.41) is 2.59. The molecule has 108 valence electrons. The normalized spacial score (nSPS) is 10.4. The second-order valence-electron chi connectivity index (χ2n) is 5.29. The molecule has 0 bridgehead atoms. The van der Waals surface area contributed by atoms with Crippen molar-refractivity contribution in [3.05, 3.63) is 35.4 Å². The molecular weight excluding hydrogens is 254 g/mol. The number of ether oxygens (including phenoxy) is 2. The van der Waals surface area contributed by atoms with Crippen molar-refractivity contribution >= 4 is 6.09 Å². The maximum atomic E-state index is 11.4. The van der Waals surface area contributed by atoms with E-state index in [9.17, 15) is 4.79 Å². The predicted octanol–water partition coefficient (Wildman–Crippen LogP) is 2.71. The van der Waals surface area contributed by atoms with Crippen molar-refractivity contribution in [2.45, 2.75) is 33.0 Å². The zero-order valence-electron chi connectivity index (χ0n) is 12.4. The van der Waals surface area contributed by atoms with Crippen LogP contribution in [-0.2, 0) is 16.1 Å². The zero-order chi connectivity index (χ0) is 15.0. The summed E-state index contributed by atoms with van der Waals surface area (Å²) in [6.07, 6.45) is -0.456. The molecule has 4 nitrogen and oxygen atoms in total. The monoisotopic (exact) mass is 275 g/mol. The summed E-state index contributed by atoms with van der Waals surface area (Å²) in [7, 11) is 1.66. The number of carbonyl (C=O) groups excluding carboxylic acids is 1. The lowest BCUT2D eigenvalue weighted by atomic mass is 10.1. The van der Waals surface area contributed by atoms with Gasteiger partial charge in [0.25, 0.3) is 0 Å². The molecule has 1 amide bonds. The fraction of sp³-hybridized carbons (Fsp3) is 0.438. The molecule has 4 heteroatoms. The molecule has 0 fully saturated rings. The zero-order valence-corrected chi connectivity index (χ0v) is 12.4. The SMILES string of the molecule is COCc1ccc(C#CCNC(=O)OC(C)(C)C)cc1. The quantitative estimate of drug-likeness (QED) is 0.863. The highest BCUT2D eigenvalue weighted by Crippen LogP contribution is 2.06. The summed E-state index contributed by atoms with van der Waals surface area (Å²) in [5.74, 6) is 5.85. The van der Waals surface area contributed by atoms with Gasteiger partial charge in [-0.05, 0) is 38.5 Å². The molecule has 0 saturated carbocycles. The first-order valence-corrected chi connectivity index (χ1v) is 6.44. The van der Waals surface area contributed by atoms with E-state index >= 15 is 0 Å². The molecule has 0 spiro atoms. The molecule has 0 aliphatic heterocycles. The van der Waals surface area contributed by atoms with Crippen molar-refractivity contribution in [1.29, 1.82) is 0 Å². The van der Waals surface area contributed by atoms with E-state index in [1.165, 1.54) is 0 Å². The smallest absolute Gasteiger partial charge is 0.408 e. The summed E-state index contributed by atoms with van der Waals surface area (Å²) in [5.41, 5.74) is 1.51. The Labute approximate surface area is 120 Å². The molecule has 1 rings (SSSR count). The standard InChI is InChI=1S/C16H21NO3/c1-16(2,3)20-15(18)17-11-5-6-13-7-9-14(10-8-13)12-19-4/h7-10H,11-12H2,1-4H3,(H,17,18). The number of hydrogen-bond donors (Lipinski definition) is 1. The average molecular weight is 275 g/mol. The number of hydrogen-bond acceptors (Lipinski definition) is 3. The van der Waals surface area contributed by atoms with Crippen LogP contribution in [0.3, 0.4) is 0 Å². The van der Waals surface area contributed by atoms with Gasteiger partial charge in [0.1, 0.15) is 5.60 Å². The predicted molar refractivity (Wildman–Crippen MR) is 78.3 cm³/mol. The van der Waals surface area contributed by atoms with Crippen LogP contribution in [0.25, 0.3) is 0 Å². The molecular formula is C16H21NO3. The lowest BCUT2D eigenvalue weighted by molar-refractivity contribution is 0.0535. The molecule has 0 aliphatic carbocycles. The van der Waals surface area contributed by atoms with Crippen LogP contribution in [0, 0.1) is 11.8 Å². The third kappa shape index (κ3) is 6.81. The molecule has 0 aliphatic rings. The number of rotatable bonds is 3. The Morgan fingerprint density at radius 3 is 2.45 bits per heavy atom. The van der Waals surface area contributed by atoms with Crippen molar-refractivity contribution in [3.8, 4) is 11.8 Å².